The number of hydrogen-bond donors (Lipinski definition) is 1. The molecular weight excluding hydrogens is 262 g/mol. The first kappa shape index (κ1) is 13.1. The van der Waals surface area contributed by atoms with Gasteiger partial charge in [-0.1, -0.05) is 54.6 Å². The molecule has 3 nitrogen and oxygen atoms in total. The van der Waals surface area contributed by atoms with Gasteiger partial charge < -0.3 is 5.73 Å². The summed E-state index contributed by atoms with van der Waals surface area (Å²) in [5.74, 6) is -0.655. The van der Waals surface area contributed by atoms with E-state index in [0.29, 0.717) is 16.7 Å². The molecule has 2 N–H and O–H groups in total. The lowest BCUT2D eigenvalue weighted by molar-refractivity contribution is 0.1000. The minimum atomic E-state index is -0.539. The van der Waals surface area contributed by atoms with Crippen molar-refractivity contribution >= 4 is 22.5 Å². The van der Waals surface area contributed by atoms with E-state index in [9.17, 15) is 9.59 Å². The van der Waals surface area contributed by atoms with E-state index in [4.69, 9.17) is 5.73 Å². The van der Waals surface area contributed by atoms with E-state index in [1.165, 1.54) is 6.07 Å². The average Bonchev–Trinajstić information content (AvgIpc) is 2.53. The normalized spacial score (nSPS) is 10.5. The average molecular weight is 275 g/mol. The molecular formula is C18H13NO2. The maximum atomic E-state index is 12.7. The highest BCUT2D eigenvalue weighted by Crippen LogP contribution is 2.21. The highest BCUT2D eigenvalue weighted by Gasteiger charge is 2.13. The van der Waals surface area contributed by atoms with Crippen molar-refractivity contribution in [1.82, 2.24) is 0 Å². The lowest BCUT2D eigenvalue weighted by Crippen LogP contribution is -2.12. The summed E-state index contributed by atoms with van der Waals surface area (Å²) in [6, 6.07) is 19.8. The van der Waals surface area contributed by atoms with Gasteiger partial charge in [0.25, 0.3) is 0 Å². The summed E-state index contributed by atoms with van der Waals surface area (Å²) < 4.78 is 0. The Hall–Kier alpha value is -2.94. The number of rotatable bonds is 3. The highest BCUT2D eigenvalue weighted by atomic mass is 16.1. The lowest BCUT2D eigenvalue weighted by atomic mass is 9.96. The van der Waals surface area contributed by atoms with Gasteiger partial charge in [-0.3, -0.25) is 9.59 Å². The van der Waals surface area contributed by atoms with Crippen molar-refractivity contribution < 1.29 is 9.59 Å². The molecule has 0 heterocycles. The topological polar surface area (TPSA) is 60.2 Å². The number of hydrogen-bond acceptors (Lipinski definition) is 2. The fourth-order valence-corrected chi connectivity index (χ4v) is 2.39. The van der Waals surface area contributed by atoms with Crippen LogP contribution in [0.5, 0.6) is 0 Å². The maximum Gasteiger partial charge on any atom is 0.248 e. The molecule has 0 aliphatic heterocycles. The van der Waals surface area contributed by atoms with Gasteiger partial charge in [-0.15, -0.1) is 0 Å². The van der Waals surface area contributed by atoms with Crippen LogP contribution in [-0.4, -0.2) is 11.7 Å². The van der Waals surface area contributed by atoms with Gasteiger partial charge in [0.2, 0.25) is 5.91 Å². The first-order valence-electron chi connectivity index (χ1n) is 6.59. The Labute approximate surface area is 122 Å². The lowest BCUT2D eigenvalue weighted by Gasteiger charge is -2.06. The minimum Gasteiger partial charge on any atom is -0.366 e. The molecule has 0 bridgehead atoms. The SMILES string of the molecule is NC(=O)c1cccc(C(=O)c2cccc3ccccc23)c1. The smallest absolute Gasteiger partial charge is 0.248 e. The first-order chi connectivity index (χ1) is 10.2. The van der Waals surface area contributed by atoms with E-state index in [1.807, 2.05) is 36.4 Å². The second-order valence-corrected chi connectivity index (χ2v) is 4.80. The van der Waals surface area contributed by atoms with Crippen molar-refractivity contribution in [2.24, 2.45) is 5.73 Å². The van der Waals surface area contributed by atoms with Crippen LogP contribution in [0.1, 0.15) is 26.3 Å². The van der Waals surface area contributed by atoms with Crippen LogP contribution in [0.25, 0.3) is 10.8 Å². The van der Waals surface area contributed by atoms with Gasteiger partial charge in [-0.05, 0) is 22.9 Å². The zero-order valence-corrected chi connectivity index (χ0v) is 11.2. The zero-order chi connectivity index (χ0) is 14.8. The number of amides is 1. The first-order valence-corrected chi connectivity index (χ1v) is 6.59. The van der Waals surface area contributed by atoms with Crippen LogP contribution in [0.15, 0.2) is 66.7 Å². The molecule has 0 fully saturated rings. The van der Waals surface area contributed by atoms with Gasteiger partial charge >= 0.3 is 0 Å². The Bertz CT molecular complexity index is 847. The van der Waals surface area contributed by atoms with Gasteiger partial charge in [0.1, 0.15) is 0 Å². The molecule has 0 saturated carbocycles. The molecule has 0 aromatic heterocycles. The van der Waals surface area contributed by atoms with E-state index in [0.717, 1.165) is 10.8 Å². The third-order valence-corrected chi connectivity index (χ3v) is 3.44. The van der Waals surface area contributed by atoms with Crippen molar-refractivity contribution in [2.75, 3.05) is 0 Å². The molecule has 102 valence electrons. The Morgan fingerprint density at radius 3 is 2.24 bits per heavy atom. The van der Waals surface area contributed by atoms with Crippen LogP contribution in [0.2, 0.25) is 0 Å². The largest absolute Gasteiger partial charge is 0.366 e. The molecule has 0 unspecified atom stereocenters. The summed E-state index contributed by atoms with van der Waals surface area (Å²) in [6.07, 6.45) is 0. The van der Waals surface area contributed by atoms with Crippen LogP contribution in [0.3, 0.4) is 0 Å². The van der Waals surface area contributed by atoms with E-state index >= 15 is 0 Å². The predicted octanol–water partition coefficient (Wildman–Crippen LogP) is 3.17. The number of benzene rings is 3. The molecule has 0 spiro atoms. The van der Waals surface area contributed by atoms with Crippen molar-refractivity contribution in [3.8, 4) is 0 Å². The molecule has 1 amide bonds. The molecule has 0 radical (unpaired) electrons. The number of ketones is 1. The van der Waals surface area contributed by atoms with Crippen molar-refractivity contribution in [2.45, 2.75) is 0 Å². The van der Waals surface area contributed by atoms with Crippen LogP contribution in [-0.2, 0) is 0 Å². The number of primary amides is 1. The van der Waals surface area contributed by atoms with E-state index < -0.39 is 5.91 Å². The van der Waals surface area contributed by atoms with Crippen molar-refractivity contribution in [3.05, 3.63) is 83.4 Å². The van der Waals surface area contributed by atoms with Crippen LogP contribution in [0.4, 0.5) is 0 Å². The summed E-state index contributed by atoms with van der Waals surface area (Å²) >= 11 is 0. The molecule has 3 rings (SSSR count). The molecule has 3 aromatic carbocycles. The van der Waals surface area contributed by atoms with E-state index in [2.05, 4.69) is 0 Å². The van der Waals surface area contributed by atoms with Gasteiger partial charge in [0, 0.05) is 16.7 Å². The predicted molar refractivity (Wildman–Crippen MR) is 82.3 cm³/mol. The minimum absolute atomic E-state index is 0.116. The Balaban J connectivity index is 2.13. The zero-order valence-electron chi connectivity index (χ0n) is 11.2. The number of fused-ring (bicyclic) bond motifs is 1. The maximum absolute atomic E-state index is 12.7. The Kier molecular flexibility index (Phi) is 3.24. The third kappa shape index (κ3) is 2.41. The van der Waals surface area contributed by atoms with E-state index in [1.54, 1.807) is 24.3 Å². The highest BCUT2D eigenvalue weighted by molar-refractivity contribution is 6.16. The summed E-state index contributed by atoms with van der Waals surface area (Å²) in [7, 11) is 0. The van der Waals surface area contributed by atoms with Crippen molar-refractivity contribution in [3.63, 3.8) is 0 Å². The van der Waals surface area contributed by atoms with E-state index in [-0.39, 0.29) is 5.78 Å². The molecule has 0 aliphatic rings. The molecule has 3 aromatic rings. The number of carbonyl (C=O) groups excluding carboxylic acids is 2. The fraction of sp³-hybridized carbons (Fsp3) is 0. The van der Waals surface area contributed by atoms with Gasteiger partial charge in [0.05, 0.1) is 0 Å². The Morgan fingerprint density at radius 1 is 0.762 bits per heavy atom. The van der Waals surface area contributed by atoms with Gasteiger partial charge in [-0.25, -0.2) is 0 Å². The third-order valence-electron chi connectivity index (χ3n) is 3.44. The monoisotopic (exact) mass is 275 g/mol. The number of nitrogens with two attached hydrogens (primary N) is 1. The molecule has 0 saturated heterocycles. The second kappa shape index (κ2) is 5.21. The number of carbonyl (C=O) groups is 2. The van der Waals surface area contributed by atoms with Gasteiger partial charge in [-0.2, -0.15) is 0 Å². The van der Waals surface area contributed by atoms with Crippen LogP contribution < -0.4 is 5.73 Å². The van der Waals surface area contributed by atoms with Crippen molar-refractivity contribution in [1.29, 1.82) is 0 Å². The quantitative estimate of drug-likeness (QED) is 0.746. The summed E-state index contributed by atoms with van der Waals surface area (Å²) in [4.78, 5) is 23.9. The standard InChI is InChI=1S/C18H13NO2/c19-18(21)14-8-3-7-13(11-14)17(20)16-10-4-6-12-5-1-2-9-15(12)16/h1-11H,(H2,19,21). The van der Waals surface area contributed by atoms with Crippen LogP contribution in [0, 0.1) is 0 Å². The van der Waals surface area contributed by atoms with Crippen LogP contribution >= 0.6 is 0 Å². The summed E-state index contributed by atoms with van der Waals surface area (Å²) in [6.45, 7) is 0. The summed E-state index contributed by atoms with van der Waals surface area (Å²) in [5, 5.41) is 1.91. The second-order valence-electron chi connectivity index (χ2n) is 4.80. The Morgan fingerprint density at radius 2 is 1.43 bits per heavy atom. The molecule has 0 atom stereocenters. The molecule has 3 heteroatoms. The molecule has 21 heavy (non-hydrogen) atoms. The molecule has 0 aliphatic carbocycles. The summed E-state index contributed by atoms with van der Waals surface area (Å²) in [5.41, 5.74) is 6.68. The fourth-order valence-electron chi connectivity index (χ4n) is 2.39. The van der Waals surface area contributed by atoms with Gasteiger partial charge in [0.15, 0.2) is 5.78 Å².